The maximum Gasteiger partial charge on any atom is 0.345 e. The summed E-state index contributed by atoms with van der Waals surface area (Å²) >= 11 is 0.924. The van der Waals surface area contributed by atoms with Gasteiger partial charge in [-0.25, -0.2) is 4.79 Å². The van der Waals surface area contributed by atoms with E-state index in [1.54, 1.807) is 12.1 Å². The smallest absolute Gasteiger partial charge is 0.345 e. The lowest BCUT2D eigenvalue weighted by Gasteiger charge is -2.23. The zero-order chi connectivity index (χ0) is 17.1. The predicted octanol–water partition coefficient (Wildman–Crippen LogP) is 1.96. The van der Waals surface area contributed by atoms with Gasteiger partial charge in [-0.15, -0.1) is 11.3 Å². The number of amides is 2. The van der Waals surface area contributed by atoms with E-state index in [0.717, 1.165) is 17.8 Å². The molecule has 3 rings (SSSR count). The van der Waals surface area contributed by atoms with Crippen LogP contribution < -0.4 is 5.32 Å². The lowest BCUT2D eigenvalue weighted by atomic mass is 10.2. The van der Waals surface area contributed by atoms with Crippen LogP contribution in [0.4, 0.5) is 0 Å². The highest BCUT2D eigenvalue weighted by Crippen LogP contribution is 2.24. The van der Waals surface area contributed by atoms with Gasteiger partial charge in [-0.05, 0) is 37.1 Å². The van der Waals surface area contributed by atoms with Crippen molar-refractivity contribution in [3.63, 3.8) is 0 Å². The van der Waals surface area contributed by atoms with E-state index in [-0.39, 0.29) is 23.2 Å². The molecule has 24 heavy (non-hydrogen) atoms. The monoisotopic (exact) mass is 348 g/mol. The third kappa shape index (κ3) is 3.33. The van der Waals surface area contributed by atoms with Crippen LogP contribution in [0.2, 0.25) is 0 Å². The molecule has 0 aliphatic carbocycles. The van der Waals surface area contributed by atoms with Crippen molar-refractivity contribution < 1.29 is 23.9 Å². The molecule has 1 atom stereocenters. The highest BCUT2D eigenvalue weighted by Gasteiger charge is 2.35. The molecule has 0 bridgehead atoms. The molecular formula is C16H16N2O5S. The van der Waals surface area contributed by atoms with E-state index in [4.69, 9.17) is 9.52 Å². The van der Waals surface area contributed by atoms with Crippen molar-refractivity contribution in [3.05, 3.63) is 46.0 Å². The van der Waals surface area contributed by atoms with E-state index in [9.17, 15) is 14.4 Å². The number of nitrogens with zero attached hydrogens (tertiary/aromatic N) is 1. The molecule has 1 aliphatic heterocycles. The van der Waals surface area contributed by atoms with E-state index >= 15 is 0 Å². The van der Waals surface area contributed by atoms with Crippen LogP contribution in [-0.2, 0) is 11.3 Å². The largest absolute Gasteiger partial charge is 0.477 e. The number of carbonyl (C=O) groups is 3. The molecule has 0 radical (unpaired) electrons. The van der Waals surface area contributed by atoms with Gasteiger partial charge in [-0.3, -0.25) is 9.59 Å². The van der Waals surface area contributed by atoms with Crippen molar-refractivity contribution in [3.8, 4) is 0 Å². The Morgan fingerprint density at radius 3 is 2.75 bits per heavy atom. The molecule has 1 saturated heterocycles. The number of thiophene rings is 1. The van der Waals surface area contributed by atoms with Gasteiger partial charge >= 0.3 is 5.97 Å². The third-order valence-corrected chi connectivity index (χ3v) is 4.92. The number of carbonyl (C=O) groups excluding carboxylic acids is 2. The fraction of sp³-hybridized carbons (Fsp3) is 0.312. The van der Waals surface area contributed by atoms with E-state index < -0.39 is 12.0 Å². The molecule has 2 amide bonds. The van der Waals surface area contributed by atoms with Crippen LogP contribution >= 0.6 is 11.3 Å². The van der Waals surface area contributed by atoms with E-state index in [0.29, 0.717) is 23.6 Å². The molecule has 0 spiro atoms. The Morgan fingerprint density at radius 2 is 2.08 bits per heavy atom. The van der Waals surface area contributed by atoms with Crippen molar-refractivity contribution in [2.24, 2.45) is 0 Å². The molecule has 0 aromatic carbocycles. The summed E-state index contributed by atoms with van der Waals surface area (Å²) in [6, 6.07) is 5.86. The van der Waals surface area contributed by atoms with Gasteiger partial charge in [0, 0.05) is 6.54 Å². The zero-order valence-electron chi connectivity index (χ0n) is 12.7. The molecule has 8 heteroatoms. The molecule has 0 saturated carbocycles. The Morgan fingerprint density at radius 1 is 1.29 bits per heavy atom. The first-order valence-corrected chi connectivity index (χ1v) is 8.32. The SMILES string of the molecule is O=C(O)c1ccc(C(=O)N2CCC[C@H]2C(=O)NCc2ccco2)s1. The fourth-order valence-corrected chi connectivity index (χ4v) is 3.50. The minimum absolute atomic E-state index is 0.108. The molecule has 0 unspecified atom stereocenters. The van der Waals surface area contributed by atoms with Crippen LogP contribution in [0.1, 0.15) is 37.9 Å². The second-order valence-electron chi connectivity index (χ2n) is 5.42. The quantitative estimate of drug-likeness (QED) is 0.860. The van der Waals surface area contributed by atoms with Crippen LogP contribution in [0.5, 0.6) is 0 Å². The van der Waals surface area contributed by atoms with E-state index in [1.165, 1.54) is 23.3 Å². The molecule has 7 nitrogen and oxygen atoms in total. The Kier molecular flexibility index (Phi) is 4.66. The van der Waals surface area contributed by atoms with Crippen LogP contribution in [-0.4, -0.2) is 40.4 Å². The molecule has 3 heterocycles. The number of hydrogen-bond donors (Lipinski definition) is 2. The lowest BCUT2D eigenvalue weighted by Crippen LogP contribution is -2.45. The van der Waals surface area contributed by atoms with Crippen molar-refractivity contribution in [1.82, 2.24) is 10.2 Å². The average Bonchev–Trinajstić information content (AvgIpc) is 3.33. The topological polar surface area (TPSA) is 99.9 Å². The minimum atomic E-state index is -1.06. The first-order chi connectivity index (χ1) is 11.6. The molecule has 2 N–H and O–H groups in total. The summed E-state index contributed by atoms with van der Waals surface area (Å²) in [7, 11) is 0. The number of likely N-dealkylation sites (tertiary alicyclic amines) is 1. The van der Waals surface area contributed by atoms with Gasteiger partial charge in [0.05, 0.1) is 17.7 Å². The molecule has 1 fully saturated rings. The van der Waals surface area contributed by atoms with Gasteiger partial charge in [0.2, 0.25) is 5.91 Å². The second-order valence-corrected chi connectivity index (χ2v) is 6.51. The molecule has 2 aromatic rings. The van der Waals surface area contributed by atoms with Gasteiger partial charge < -0.3 is 19.7 Å². The van der Waals surface area contributed by atoms with Crippen molar-refractivity contribution in [2.45, 2.75) is 25.4 Å². The van der Waals surface area contributed by atoms with Gasteiger partial charge in [-0.2, -0.15) is 0 Å². The first kappa shape index (κ1) is 16.3. The molecular weight excluding hydrogens is 332 g/mol. The molecule has 2 aromatic heterocycles. The number of carboxylic acid groups (broad SMARTS) is 1. The third-order valence-electron chi connectivity index (χ3n) is 3.86. The van der Waals surface area contributed by atoms with Gasteiger partial charge in [0.1, 0.15) is 16.7 Å². The second kappa shape index (κ2) is 6.88. The van der Waals surface area contributed by atoms with E-state index in [2.05, 4.69) is 5.32 Å². The normalized spacial score (nSPS) is 17.0. The van der Waals surface area contributed by atoms with Gasteiger partial charge in [-0.1, -0.05) is 0 Å². The lowest BCUT2D eigenvalue weighted by molar-refractivity contribution is -0.125. The standard InChI is InChI=1S/C16H16N2O5S/c19-14(17-9-10-3-2-8-23-10)11-4-1-7-18(11)15(20)12-5-6-13(24-12)16(21)22/h2-3,5-6,8,11H,1,4,7,9H2,(H,17,19)(H,21,22)/t11-/m0/s1. The number of hydrogen-bond acceptors (Lipinski definition) is 5. The molecule has 126 valence electrons. The Hall–Kier alpha value is -2.61. The van der Waals surface area contributed by atoms with Crippen LogP contribution in [0.3, 0.4) is 0 Å². The van der Waals surface area contributed by atoms with Crippen LogP contribution in [0, 0.1) is 0 Å². The summed E-state index contributed by atoms with van der Waals surface area (Å²) in [5.74, 6) is -0.952. The van der Waals surface area contributed by atoms with Crippen molar-refractivity contribution >= 4 is 29.1 Å². The first-order valence-electron chi connectivity index (χ1n) is 7.50. The zero-order valence-corrected chi connectivity index (χ0v) is 13.5. The summed E-state index contributed by atoms with van der Waals surface area (Å²) in [5, 5.41) is 11.7. The highest BCUT2D eigenvalue weighted by atomic mass is 32.1. The van der Waals surface area contributed by atoms with Gasteiger partial charge in [0.25, 0.3) is 5.91 Å². The van der Waals surface area contributed by atoms with E-state index in [1.807, 2.05) is 0 Å². The minimum Gasteiger partial charge on any atom is -0.477 e. The van der Waals surface area contributed by atoms with Gasteiger partial charge in [0.15, 0.2) is 0 Å². The summed E-state index contributed by atoms with van der Waals surface area (Å²) < 4.78 is 5.17. The van der Waals surface area contributed by atoms with Crippen LogP contribution in [0.25, 0.3) is 0 Å². The number of nitrogens with one attached hydrogen (secondary N) is 1. The fourth-order valence-electron chi connectivity index (χ4n) is 2.70. The maximum absolute atomic E-state index is 12.6. The van der Waals surface area contributed by atoms with Crippen molar-refractivity contribution in [1.29, 1.82) is 0 Å². The average molecular weight is 348 g/mol. The summed E-state index contributed by atoms with van der Waals surface area (Å²) in [6.45, 7) is 0.754. The number of rotatable bonds is 5. The van der Waals surface area contributed by atoms with Crippen LogP contribution in [0.15, 0.2) is 34.9 Å². The summed E-state index contributed by atoms with van der Waals surface area (Å²) in [4.78, 5) is 37.8. The highest BCUT2D eigenvalue weighted by molar-refractivity contribution is 7.15. The summed E-state index contributed by atoms with van der Waals surface area (Å²) in [5.41, 5.74) is 0. The summed E-state index contributed by atoms with van der Waals surface area (Å²) in [6.07, 6.45) is 2.86. The van der Waals surface area contributed by atoms with Crippen molar-refractivity contribution in [2.75, 3.05) is 6.54 Å². The maximum atomic E-state index is 12.6. The number of carboxylic acids is 1. The Balaban J connectivity index is 1.66. The predicted molar refractivity (Wildman–Crippen MR) is 85.9 cm³/mol. The molecule has 1 aliphatic rings. The number of aromatic carboxylic acids is 1. The Bertz CT molecular complexity index is 752. The Labute approximate surface area is 141 Å². The number of furan rings is 1.